The third-order valence-corrected chi connectivity index (χ3v) is 3.32. The van der Waals surface area contributed by atoms with Gasteiger partial charge in [-0.25, -0.2) is 4.79 Å². The van der Waals surface area contributed by atoms with E-state index in [1.54, 1.807) is 0 Å². The molecule has 0 amide bonds. The van der Waals surface area contributed by atoms with Crippen molar-refractivity contribution in [1.82, 2.24) is 0 Å². The topological polar surface area (TPSA) is 80.7 Å². The van der Waals surface area contributed by atoms with Crippen LogP contribution in [-0.4, -0.2) is 22.8 Å². The Hall–Kier alpha value is -1.65. The Bertz CT molecular complexity index is 377. The molecule has 0 saturated carbocycles. The van der Waals surface area contributed by atoms with Gasteiger partial charge in [0.2, 0.25) is 0 Å². The molecule has 19 heavy (non-hydrogen) atoms. The van der Waals surface area contributed by atoms with Gasteiger partial charge in [-0.15, -0.1) is 0 Å². The van der Waals surface area contributed by atoms with Crippen molar-refractivity contribution >= 4 is 17.7 Å². The Morgan fingerprint density at radius 2 is 1.74 bits per heavy atom. The Morgan fingerprint density at radius 3 is 2.11 bits per heavy atom. The van der Waals surface area contributed by atoms with E-state index in [4.69, 9.17) is 9.84 Å². The molecule has 0 aliphatic carbocycles. The lowest BCUT2D eigenvalue weighted by atomic mass is 9.79. The van der Waals surface area contributed by atoms with Crippen LogP contribution in [0, 0.1) is 5.41 Å². The van der Waals surface area contributed by atoms with Crippen LogP contribution in [0.1, 0.15) is 53.4 Å². The number of carbonyl (C=O) groups is 3. The maximum absolute atomic E-state index is 11.2. The van der Waals surface area contributed by atoms with Crippen LogP contribution in [0.25, 0.3) is 0 Å². The fraction of sp³-hybridized carbons (Fsp3) is 0.643. The molecule has 5 heteroatoms. The van der Waals surface area contributed by atoms with Gasteiger partial charge in [0.25, 0.3) is 0 Å². The Morgan fingerprint density at radius 1 is 1.21 bits per heavy atom. The van der Waals surface area contributed by atoms with Crippen molar-refractivity contribution in [2.45, 2.75) is 53.4 Å². The molecule has 0 aliphatic heterocycles. The van der Waals surface area contributed by atoms with Gasteiger partial charge in [-0.1, -0.05) is 33.6 Å². The summed E-state index contributed by atoms with van der Waals surface area (Å²) in [6.07, 6.45) is 2.59. The van der Waals surface area contributed by atoms with Gasteiger partial charge in [0.15, 0.2) is 0 Å². The number of carbonyl (C=O) groups excluding carboxylic acids is 2. The van der Waals surface area contributed by atoms with Gasteiger partial charge in [0, 0.05) is 0 Å². The molecular weight excluding hydrogens is 248 g/mol. The van der Waals surface area contributed by atoms with Gasteiger partial charge in [0.1, 0.15) is 18.5 Å². The summed E-state index contributed by atoms with van der Waals surface area (Å²) in [6, 6.07) is 0. The first kappa shape index (κ1) is 17.4. The molecular formula is C14H22O5. The van der Waals surface area contributed by atoms with Gasteiger partial charge in [0.05, 0.1) is 5.57 Å². The first-order valence-corrected chi connectivity index (χ1v) is 6.35. The molecule has 0 saturated heterocycles. The highest BCUT2D eigenvalue weighted by molar-refractivity contribution is 5.94. The van der Waals surface area contributed by atoms with Crippen LogP contribution in [0.4, 0.5) is 0 Å². The molecule has 0 spiro atoms. The number of aliphatic carboxylic acids is 1. The predicted molar refractivity (Wildman–Crippen MR) is 70.4 cm³/mol. The van der Waals surface area contributed by atoms with Crippen molar-refractivity contribution in [3.8, 4) is 0 Å². The molecule has 5 nitrogen and oxygen atoms in total. The van der Waals surface area contributed by atoms with Crippen molar-refractivity contribution in [2.24, 2.45) is 5.41 Å². The molecule has 0 rings (SSSR count). The number of ketones is 1. The number of Topliss-reactive ketones (excluding diaryl/α,β-unsaturated/α-hetero) is 1. The zero-order chi connectivity index (χ0) is 15.1. The molecule has 0 bridgehead atoms. The molecule has 0 aromatic carbocycles. The molecule has 0 aromatic heterocycles. The summed E-state index contributed by atoms with van der Waals surface area (Å²) in [7, 11) is 0. The second kappa shape index (κ2) is 7.71. The monoisotopic (exact) mass is 270 g/mol. The maximum atomic E-state index is 11.2. The van der Waals surface area contributed by atoms with Crippen LogP contribution in [0.15, 0.2) is 11.8 Å². The van der Waals surface area contributed by atoms with Crippen LogP contribution < -0.4 is 0 Å². The minimum absolute atomic E-state index is 0.0445. The second-order valence-corrected chi connectivity index (χ2v) is 5.01. The van der Waals surface area contributed by atoms with Gasteiger partial charge in [-0.2, -0.15) is 0 Å². The first-order valence-electron chi connectivity index (χ1n) is 6.35. The quantitative estimate of drug-likeness (QED) is 0.317. The van der Waals surface area contributed by atoms with Crippen LogP contribution >= 0.6 is 0 Å². The molecule has 0 aliphatic rings. The zero-order valence-electron chi connectivity index (χ0n) is 12.0. The normalized spacial score (nSPS) is 12.1. The Labute approximate surface area is 113 Å². The number of rotatable bonds is 8. The van der Waals surface area contributed by atoms with Gasteiger partial charge >= 0.3 is 11.9 Å². The summed E-state index contributed by atoms with van der Waals surface area (Å²) in [5, 5.41) is 9.10. The lowest BCUT2D eigenvalue weighted by molar-refractivity contribution is -0.140. The summed E-state index contributed by atoms with van der Waals surface area (Å²) in [5.41, 5.74) is -0.0971. The van der Waals surface area contributed by atoms with Crippen LogP contribution in [0.3, 0.4) is 0 Å². The van der Waals surface area contributed by atoms with E-state index in [2.05, 4.69) is 0 Å². The minimum atomic E-state index is -1.11. The predicted octanol–water partition coefficient (Wildman–Crippen LogP) is 2.69. The van der Waals surface area contributed by atoms with E-state index in [0.717, 1.165) is 19.1 Å². The fourth-order valence-electron chi connectivity index (χ4n) is 1.51. The Kier molecular flexibility index (Phi) is 7.04. The molecule has 0 fully saturated rings. The van der Waals surface area contributed by atoms with E-state index in [1.165, 1.54) is 6.92 Å². The first-order chi connectivity index (χ1) is 8.74. The highest BCUT2D eigenvalue weighted by Gasteiger charge is 2.25. The molecule has 0 atom stereocenters. The lowest BCUT2D eigenvalue weighted by Gasteiger charge is -2.26. The van der Waals surface area contributed by atoms with Crippen molar-refractivity contribution in [1.29, 1.82) is 0 Å². The second-order valence-electron chi connectivity index (χ2n) is 5.01. The minimum Gasteiger partial charge on any atom is -0.478 e. The van der Waals surface area contributed by atoms with E-state index < -0.39 is 11.9 Å². The van der Waals surface area contributed by atoms with E-state index in [0.29, 0.717) is 6.42 Å². The summed E-state index contributed by atoms with van der Waals surface area (Å²) in [4.78, 5) is 33.0. The number of hydrogen-bond acceptors (Lipinski definition) is 4. The highest BCUT2D eigenvalue weighted by atomic mass is 16.5. The van der Waals surface area contributed by atoms with Crippen molar-refractivity contribution < 1.29 is 24.2 Å². The number of ether oxygens (including phenoxy) is 1. The van der Waals surface area contributed by atoms with Gasteiger partial charge < -0.3 is 9.84 Å². The molecule has 1 N–H and O–H groups in total. The summed E-state index contributed by atoms with van der Waals surface area (Å²) >= 11 is 0. The van der Waals surface area contributed by atoms with Crippen LogP contribution in [0.2, 0.25) is 0 Å². The van der Waals surface area contributed by atoms with Crippen molar-refractivity contribution in [3.63, 3.8) is 0 Å². The average Bonchev–Trinajstić information content (AvgIpc) is 2.33. The van der Waals surface area contributed by atoms with E-state index in [9.17, 15) is 14.4 Å². The fourth-order valence-corrected chi connectivity index (χ4v) is 1.51. The molecule has 0 heterocycles. The Balaban J connectivity index is 4.78. The molecule has 0 radical (unpaired) electrons. The van der Waals surface area contributed by atoms with Crippen LogP contribution in [-0.2, 0) is 19.1 Å². The SMILES string of the molecule is CCC(C)(CC)CC(=COC(=O)CC(C)=O)C(=O)O. The molecule has 0 aromatic rings. The zero-order valence-corrected chi connectivity index (χ0v) is 12.0. The third-order valence-electron chi connectivity index (χ3n) is 3.32. The van der Waals surface area contributed by atoms with Crippen LogP contribution in [0.5, 0.6) is 0 Å². The molecule has 0 unspecified atom stereocenters. The van der Waals surface area contributed by atoms with E-state index in [1.807, 2.05) is 20.8 Å². The van der Waals surface area contributed by atoms with E-state index in [-0.39, 0.29) is 23.2 Å². The lowest BCUT2D eigenvalue weighted by Crippen LogP contribution is -2.18. The maximum Gasteiger partial charge on any atom is 0.334 e. The number of carboxylic acid groups (broad SMARTS) is 1. The van der Waals surface area contributed by atoms with Crippen molar-refractivity contribution in [2.75, 3.05) is 0 Å². The highest BCUT2D eigenvalue weighted by Crippen LogP contribution is 2.33. The molecule has 108 valence electrons. The van der Waals surface area contributed by atoms with E-state index >= 15 is 0 Å². The van der Waals surface area contributed by atoms with Crippen molar-refractivity contribution in [3.05, 3.63) is 11.8 Å². The summed E-state index contributed by atoms with van der Waals surface area (Å²) < 4.78 is 4.71. The van der Waals surface area contributed by atoms with Gasteiger partial charge in [-0.3, -0.25) is 9.59 Å². The third kappa shape index (κ3) is 6.74. The largest absolute Gasteiger partial charge is 0.478 e. The summed E-state index contributed by atoms with van der Waals surface area (Å²) in [5.74, 6) is -2.16. The number of carboxylic acids is 1. The van der Waals surface area contributed by atoms with Gasteiger partial charge in [-0.05, 0) is 18.8 Å². The number of esters is 1. The number of hydrogen-bond donors (Lipinski definition) is 1. The smallest absolute Gasteiger partial charge is 0.334 e. The average molecular weight is 270 g/mol. The standard InChI is InChI=1S/C14H22O5/c1-5-14(4,6-2)8-11(13(17)18)9-19-12(16)7-10(3)15/h9H,5-8H2,1-4H3,(H,17,18). The summed E-state index contributed by atoms with van der Waals surface area (Å²) in [6.45, 7) is 7.24.